The first-order valence-corrected chi connectivity index (χ1v) is 7.88. The zero-order valence-electron chi connectivity index (χ0n) is 13.2. The number of rotatable bonds is 2. The third kappa shape index (κ3) is 2.22. The number of ether oxygens (including phenoxy) is 1. The first-order chi connectivity index (χ1) is 10.2. The van der Waals surface area contributed by atoms with Crippen molar-refractivity contribution in [3.8, 4) is 0 Å². The summed E-state index contributed by atoms with van der Waals surface area (Å²) in [6, 6.07) is 0. The molecule has 0 amide bonds. The van der Waals surface area contributed by atoms with E-state index in [1.54, 1.807) is 13.8 Å². The molecule has 2 fully saturated rings. The van der Waals surface area contributed by atoms with Crippen molar-refractivity contribution in [1.29, 1.82) is 0 Å². The van der Waals surface area contributed by atoms with Crippen LogP contribution in [0.3, 0.4) is 0 Å². The molecule has 0 unspecified atom stereocenters. The lowest BCUT2D eigenvalue weighted by atomic mass is 9.81. The molecule has 3 rings (SSSR count). The van der Waals surface area contributed by atoms with E-state index in [4.69, 9.17) is 4.74 Å². The van der Waals surface area contributed by atoms with Gasteiger partial charge in [-0.3, -0.25) is 9.59 Å². The van der Waals surface area contributed by atoms with Gasteiger partial charge in [-0.2, -0.15) is 0 Å². The summed E-state index contributed by atoms with van der Waals surface area (Å²) >= 11 is 0. The largest absolute Gasteiger partial charge is 0.457 e. The van der Waals surface area contributed by atoms with Gasteiger partial charge in [-0.25, -0.2) is 0 Å². The van der Waals surface area contributed by atoms with Gasteiger partial charge in [0, 0.05) is 24.7 Å². The van der Waals surface area contributed by atoms with Crippen LogP contribution in [0.2, 0.25) is 0 Å². The zero-order valence-corrected chi connectivity index (χ0v) is 13.2. The number of carbonyl (C=O) groups excluding carboxylic acids is 3. The number of esters is 1. The summed E-state index contributed by atoms with van der Waals surface area (Å²) < 4.78 is 5.57. The smallest absolute Gasteiger partial charge is 0.310 e. The quantitative estimate of drug-likeness (QED) is 0.783. The van der Waals surface area contributed by atoms with Gasteiger partial charge in [-0.15, -0.1) is 0 Å². The van der Waals surface area contributed by atoms with Crippen LogP contribution in [0.1, 0.15) is 46.5 Å². The van der Waals surface area contributed by atoms with Crippen LogP contribution in [0, 0.1) is 17.8 Å². The fourth-order valence-electron chi connectivity index (χ4n) is 4.35. The minimum atomic E-state index is -0.972. The molecule has 5 atom stereocenters. The molecule has 5 heteroatoms. The van der Waals surface area contributed by atoms with Crippen molar-refractivity contribution in [3.63, 3.8) is 0 Å². The van der Waals surface area contributed by atoms with E-state index in [9.17, 15) is 19.5 Å². The maximum atomic E-state index is 12.2. The van der Waals surface area contributed by atoms with Gasteiger partial charge in [-0.1, -0.05) is 0 Å². The van der Waals surface area contributed by atoms with E-state index in [-0.39, 0.29) is 42.2 Å². The minimum absolute atomic E-state index is 0.0204. The summed E-state index contributed by atoms with van der Waals surface area (Å²) in [5.41, 5.74) is 0.440. The maximum absolute atomic E-state index is 12.2. The Balaban J connectivity index is 2.03. The second-order valence-electron chi connectivity index (χ2n) is 7.19. The molecule has 1 N–H and O–H groups in total. The molecular formula is C17H22O5. The molecule has 1 heterocycles. The Morgan fingerprint density at radius 2 is 2.09 bits per heavy atom. The van der Waals surface area contributed by atoms with Crippen LogP contribution in [0.5, 0.6) is 0 Å². The van der Waals surface area contributed by atoms with Gasteiger partial charge in [0.2, 0.25) is 0 Å². The van der Waals surface area contributed by atoms with E-state index >= 15 is 0 Å². The van der Waals surface area contributed by atoms with Crippen LogP contribution in [0.15, 0.2) is 11.1 Å². The van der Waals surface area contributed by atoms with Crippen LogP contribution in [0.4, 0.5) is 0 Å². The summed E-state index contributed by atoms with van der Waals surface area (Å²) in [6.45, 7) is 4.98. The highest BCUT2D eigenvalue weighted by molar-refractivity contribution is 5.99. The Bertz CT molecular complexity index is 586. The molecule has 2 aliphatic carbocycles. The monoisotopic (exact) mass is 306 g/mol. The van der Waals surface area contributed by atoms with Crippen LogP contribution >= 0.6 is 0 Å². The van der Waals surface area contributed by atoms with E-state index in [2.05, 4.69) is 0 Å². The number of Topliss-reactive ketones (excluding diaryl/α,β-unsaturated/α-hetero) is 2. The van der Waals surface area contributed by atoms with Gasteiger partial charge in [-0.05, 0) is 44.8 Å². The zero-order chi connectivity index (χ0) is 16.2. The predicted molar refractivity (Wildman–Crippen MR) is 77.8 cm³/mol. The highest BCUT2D eigenvalue weighted by Crippen LogP contribution is 2.51. The average Bonchev–Trinajstić information content (AvgIpc) is 2.83. The topological polar surface area (TPSA) is 80.7 Å². The molecule has 0 bridgehead atoms. The molecule has 1 saturated carbocycles. The third-order valence-electron chi connectivity index (χ3n) is 5.62. The van der Waals surface area contributed by atoms with Crippen LogP contribution in [0.25, 0.3) is 0 Å². The van der Waals surface area contributed by atoms with Gasteiger partial charge in [0.05, 0.1) is 11.5 Å². The average molecular weight is 306 g/mol. The number of hydrogen-bond donors (Lipinski definition) is 1. The number of ketones is 2. The number of aliphatic hydroxyl groups is 1. The fourth-order valence-corrected chi connectivity index (χ4v) is 4.35. The molecule has 5 nitrogen and oxygen atoms in total. The van der Waals surface area contributed by atoms with Crippen molar-refractivity contribution in [2.75, 3.05) is 0 Å². The summed E-state index contributed by atoms with van der Waals surface area (Å²) in [4.78, 5) is 35.7. The first kappa shape index (κ1) is 15.4. The molecule has 0 aromatic heterocycles. The molecule has 1 aliphatic heterocycles. The Morgan fingerprint density at radius 1 is 1.41 bits per heavy atom. The minimum Gasteiger partial charge on any atom is -0.457 e. The molecule has 0 aromatic carbocycles. The SMILES string of the molecule is CC(=O)C[C@@H]1C(=O)O[C@@H]2C3=C(C)C(=O)C[C@H]3[C@](C)(O)CC[C@@H]12. The van der Waals surface area contributed by atoms with Crippen molar-refractivity contribution < 1.29 is 24.2 Å². The summed E-state index contributed by atoms with van der Waals surface area (Å²) in [5.74, 6) is -1.21. The van der Waals surface area contributed by atoms with Crippen molar-refractivity contribution in [2.45, 2.75) is 58.2 Å². The van der Waals surface area contributed by atoms with Crippen molar-refractivity contribution in [2.24, 2.45) is 17.8 Å². The standard InChI is InChI=1S/C17H22O5/c1-8(18)6-11-10-4-5-17(3,21)12-7-13(19)9(2)14(12)15(10)22-16(11)20/h10-12,15,21H,4-7H2,1-3H3/t10-,11-,12+,15-,17+/m0/s1. The summed E-state index contributed by atoms with van der Waals surface area (Å²) in [5, 5.41) is 10.8. The number of fused-ring (bicyclic) bond motifs is 3. The summed E-state index contributed by atoms with van der Waals surface area (Å²) in [6.07, 6.45) is 1.14. The van der Waals surface area contributed by atoms with E-state index in [0.717, 1.165) is 5.57 Å². The van der Waals surface area contributed by atoms with Crippen molar-refractivity contribution in [1.82, 2.24) is 0 Å². The van der Waals surface area contributed by atoms with E-state index in [1.807, 2.05) is 0 Å². The van der Waals surface area contributed by atoms with Gasteiger partial charge >= 0.3 is 5.97 Å². The number of hydrogen-bond acceptors (Lipinski definition) is 5. The van der Waals surface area contributed by atoms with E-state index < -0.39 is 17.6 Å². The van der Waals surface area contributed by atoms with Crippen LogP contribution in [-0.2, 0) is 19.1 Å². The number of allylic oxidation sites excluding steroid dienone is 1. The Hall–Kier alpha value is -1.49. The number of carbonyl (C=O) groups is 3. The lowest BCUT2D eigenvalue weighted by Gasteiger charge is -2.30. The molecule has 22 heavy (non-hydrogen) atoms. The molecule has 3 aliphatic rings. The second kappa shape index (κ2) is 5.01. The Morgan fingerprint density at radius 3 is 2.73 bits per heavy atom. The highest BCUT2D eigenvalue weighted by Gasteiger charge is 2.55. The normalized spacial score (nSPS) is 41.1. The molecule has 0 aromatic rings. The van der Waals surface area contributed by atoms with Gasteiger partial charge in [0.15, 0.2) is 5.78 Å². The lowest BCUT2D eigenvalue weighted by Crippen LogP contribution is -2.35. The molecule has 120 valence electrons. The fraction of sp³-hybridized carbons (Fsp3) is 0.706. The predicted octanol–water partition coefficient (Wildman–Crippen LogP) is 1.57. The van der Waals surface area contributed by atoms with Gasteiger partial charge in [0.25, 0.3) is 0 Å². The Labute approximate surface area is 129 Å². The second-order valence-corrected chi connectivity index (χ2v) is 7.19. The van der Waals surface area contributed by atoms with Crippen LogP contribution in [-0.4, -0.2) is 34.3 Å². The van der Waals surface area contributed by atoms with Crippen LogP contribution < -0.4 is 0 Å². The van der Waals surface area contributed by atoms with Gasteiger partial charge < -0.3 is 14.6 Å². The molecule has 0 radical (unpaired) electrons. The Kier molecular flexibility index (Phi) is 3.51. The summed E-state index contributed by atoms with van der Waals surface area (Å²) in [7, 11) is 0. The van der Waals surface area contributed by atoms with E-state index in [0.29, 0.717) is 18.4 Å². The van der Waals surface area contributed by atoms with Crippen molar-refractivity contribution in [3.05, 3.63) is 11.1 Å². The highest BCUT2D eigenvalue weighted by atomic mass is 16.6. The van der Waals surface area contributed by atoms with E-state index in [1.165, 1.54) is 6.92 Å². The maximum Gasteiger partial charge on any atom is 0.310 e. The molecule has 0 spiro atoms. The lowest BCUT2D eigenvalue weighted by molar-refractivity contribution is -0.145. The molecule has 1 saturated heterocycles. The van der Waals surface area contributed by atoms with Crippen molar-refractivity contribution >= 4 is 17.5 Å². The first-order valence-electron chi connectivity index (χ1n) is 7.88. The van der Waals surface area contributed by atoms with Gasteiger partial charge in [0.1, 0.15) is 11.9 Å². The third-order valence-corrected chi connectivity index (χ3v) is 5.62. The molecular weight excluding hydrogens is 284 g/mol.